The third-order valence-electron chi connectivity index (χ3n) is 2.36. The van der Waals surface area contributed by atoms with Crippen molar-refractivity contribution in [2.75, 3.05) is 5.32 Å². The van der Waals surface area contributed by atoms with E-state index >= 15 is 0 Å². The number of fused-ring (bicyclic) bond motifs is 1. The Balaban J connectivity index is 2.48. The molecule has 5 heteroatoms. The summed E-state index contributed by atoms with van der Waals surface area (Å²) in [6, 6.07) is 9.42. The van der Waals surface area contributed by atoms with Gasteiger partial charge in [-0.05, 0) is 12.1 Å². The monoisotopic (exact) mass is 237 g/mol. The average molecular weight is 237 g/mol. The number of nitrogens with one attached hydrogen (secondary N) is 1. The van der Waals surface area contributed by atoms with Crippen molar-refractivity contribution < 1.29 is 18.7 Å². The van der Waals surface area contributed by atoms with Crippen LogP contribution in [0.4, 0.5) is 14.5 Å². The molecule has 2 N–H and O–H groups in total. The van der Waals surface area contributed by atoms with Gasteiger partial charge >= 0.3 is 6.43 Å². The molecule has 0 aliphatic heterocycles. The highest BCUT2D eigenvalue weighted by Gasteiger charge is 2.16. The van der Waals surface area contributed by atoms with Crippen LogP contribution in [0.25, 0.3) is 10.8 Å². The molecule has 0 aliphatic carbocycles. The maximum atomic E-state index is 12.1. The molecule has 0 atom stereocenters. The van der Waals surface area contributed by atoms with E-state index in [2.05, 4.69) is 5.32 Å². The summed E-state index contributed by atoms with van der Waals surface area (Å²) >= 11 is 0. The van der Waals surface area contributed by atoms with Crippen LogP contribution >= 0.6 is 0 Å². The molecule has 0 aromatic heterocycles. The number of carbonyl (C=O) groups is 1. The first-order valence-corrected chi connectivity index (χ1v) is 4.89. The van der Waals surface area contributed by atoms with Crippen LogP contribution < -0.4 is 5.32 Å². The molecule has 0 radical (unpaired) electrons. The van der Waals surface area contributed by atoms with Gasteiger partial charge in [-0.2, -0.15) is 8.78 Å². The van der Waals surface area contributed by atoms with E-state index < -0.39 is 12.3 Å². The number of anilines is 1. The predicted molar refractivity (Wildman–Crippen MR) is 60.2 cm³/mol. The van der Waals surface area contributed by atoms with E-state index in [4.69, 9.17) is 0 Å². The topological polar surface area (TPSA) is 49.3 Å². The third-order valence-corrected chi connectivity index (χ3v) is 2.36. The highest BCUT2D eigenvalue weighted by atomic mass is 19.3. The van der Waals surface area contributed by atoms with Crippen LogP contribution in [0.1, 0.15) is 0 Å². The zero-order valence-corrected chi connectivity index (χ0v) is 8.65. The second kappa shape index (κ2) is 4.37. The molecular weight excluding hydrogens is 228 g/mol. The minimum atomic E-state index is -3.07. The molecule has 0 saturated heterocycles. The van der Waals surface area contributed by atoms with Crippen molar-refractivity contribution in [2.24, 2.45) is 0 Å². The van der Waals surface area contributed by atoms with Crippen LogP contribution in [0.5, 0.6) is 5.75 Å². The lowest BCUT2D eigenvalue weighted by Crippen LogP contribution is -2.20. The Bertz CT molecular complexity index is 569. The molecule has 0 aliphatic rings. The number of hydrogen-bond donors (Lipinski definition) is 2. The van der Waals surface area contributed by atoms with Gasteiger partial charge in [0.15, 0.2) is 0 Å². The number of alkyl halides is 2. The van der Waals surface area contributed by atoms with Crippen LogP contribution in [-0.4, -0.2) is 17.4 Å². The molecule has 0 heterocycles. The zero-order chi connectivity index (χ0) is 12.4. The lowest BCUT2D eigenvalue weighted by molar-refractivity contribution is -0.126. The molecule has 0 spiro atoms. The van der Waals surface area contributed by atoms with Gasteiger partial charge in [0.05, 0.1) is 0 Å². The highest BCUT2D eigenvalue weighted by Crippen LogP contribution is 2.29. The summed E-state index contributed by atoms with van der Waals surface area (Å²) in [5.74, 6) is -1.32. The fraction of sp³-hybridized carbons (Fsp3) is 0.0833. The van der Waals surface area contributed by atoms with Gasteiger partial charge in [-0.25, -0.2) is 0 Å². The maximum absolute atomic E-state index is 12.1. The summed E-state index contributed by atoms with van der Waals surface area (Å²) < 4.78 is 24.3. The van der Waals surface area contributed by atoms with Gasteiger partial charge in [0.2, 0.25) is 0 Å². The van der Waals surface area contributed by atoms with Gasteiger partial charge in [-0.1, -0.05) is 24.3 Å². The van der Waals surface area contributed by atoms with E-state index in [9.17, 15) is 18.7 Å². The van der Waals surface area contributed by atoms with Crippen LogP contribution in [0.3, 0.4) is 0 Å². The number of amides is 1. The second-order valence-corrected chi connectivity index (χ2v) is 3.47. The van der Waals surface area contributed by atoms with Crippen molar-refractivity contribution in [1.82, 2.24) is 0 Å². The Labute approximate surface area is 95.7 Å². The number of benzene rings is 2. The van der Waals surface area contributed by atoms with Crippen molar-refractivity contribution in [3.8, 4) is 5.75 Å². The summed E-state index contributed by atoms with van der Waals surface area (Å²) in [6.07, 6.45) is -3.07. The average Bonchev–Trinajstić information content (AvgIpc) is 2.30. The first-order valence-electron chi connectivity index (χ1n) is 4.89. The Morgan fingerprint density at radius 1 is 1.12 bits per heavy atom. The SMILES string of the molecule is O=C(Nc1cccc2c(O)cccc12)C(F)F. The summed E-state index contributed by atoms with van der Waals surface area (Å²) in [4.78, 5) is 10.9. The number of phenolic OH excluding ortho intramolecular Hbond substituents is 1. The summed E-state index contributed by atoms with van der Waals surface area (Å²) in [5.41, 5.74) is 0.253. The Morgan fingerprint density at radius 2 is 1.76 bits per heavy atom. The summed E-state index contributed by atoms with van der Waals surface area (Å²) in [6.45, 7) is 0. The second-order valence-electron chi connectivity index (χ2n) is 3.47. The molecule has 0 unspecified atom stereocenters. The maximum Gasteiger partial charge on any atom is 0.315 e. The minimum Gasteiger partial charge on any atom is -0.507 e. The molecular formula is C12H9F2NO2. The molecule has 88 valence electrons. The van der Waals surface area contributed by atoms with E-state index in [0.717, 1.165) is 0 Å². The fourth-order valence-electron chi connectivity index (χ4n) is 1.59. The largest absolute Gasteiger partial charge is 0.507 e. The Hall–Kier alpha value is -2.17. The van der Waals surface area contributed by atoms with Gasteiger partial charge in [-0.15, -0.1) is 0 Å². The lowest BCUT2D eigenvalue weighted by atomic mass is 10.1. The molecule has 3 nitrogen and oxygen atoms in total. The quantitative estimate of drug-likeness (QED) is 0.843. The summed E-state index contributed by atoms with van der Waals surface area (Å²) in [5, 5.41) is 12.7. The smallest absolute Gasteiger partial charge is 0.315 e. The van der Waals surface area contributed by atoms with Crippen molar-refractivity contribution in [1.29, 1.82) is 0 Å². The number of halogens is 2. The first-order chi connectivity index (χ1) is 8.09. The molecule has 2 aromatic carbocycles. The van der Waals surface area contributed by atoms with Crippen molar-refractivity contribution in [3.05, 3.63) is 36.4 Å². The normalized spacial score (nSPS) is 10.8. The molecule has 2 rings (SSSR count). The highest BCUT2D eigenvalue weighted by molar-refractivity contribution is 6.04. The van der Waals surface area contributed by atoms with Crippen molar-refractivity contribution >= 4 is 22.4 Å². The van der Waals surface area contributed by atoms with Crippen LogP contribution in [-0.2, 0) is 4.79 Å². The van der Waals surface area contributed by atoms with E-state index in [1.54, 1.807) is 24.3 Å². The number of carbonyl (C=O) groups excluding carboxylic acids is 1. The predicted octanol–water partition coefficient (Wildman–Crippen LogP) is 2.75. The number of hydrogen-bond acceptors (Lipinski definition) is 2. The van der Waals surface area contributed by atoms with Gasteiger partial charge < -0.3 is 10.4 Å². The van der Waals surface area contributed by atoms with Gasteiger partial charge in [0.25, 0.3) is 5.91 Å². The third kappa shape index (κ3) is 2.18. The van der Waals surface area contributed by atoms with E-state index in [0.29, 0.717) is 10.8 Å². The Kier molecular flexibility index (Phi) is 2.91. The van der Waals surface area contributed by atoms with Crippen molar-refractivity contribution in [3.63, 3.8) is 0 Å². The number of aromatic hydroxyl groups is 1. The first kappa shape index (κ1) is 11.3. The fourth-order valence-corrected chi connectivity index (χ4v) is 1.59. The van der Waals surface area contributed by atoms with E-state index in [1.165, 1.54) is 12.1 Å². The van der Waals surface area contributed by atoms with E-state index in [1.807, 2.05) is 0 Å². The van der Waals surface area contributed by atoms with Gasteiger partial charge in [0.1, 0.15) is 5.75 Å². The number of phenols is 1. The molecule has 0 fully saturated rings. The number of rotatable bonds is 2. The van der Waals surface area contributed by atoms with Crippen LogP contribution in [0, 0.1) is 0 Å². The summed E-state index contributed by atoms with van der Waals surface area (Å²) in [7, 11) is 0. The Morgan fingerprint density at radius 3 is 2.47 bits per heavy atom. The van der Waals surface area contributed by atoms with Crippen molar-refractivity contribution in [2.45, 2.75) is 6.43 Å². The van der Waals surface area contributed by atoms with Crippen LogP contribution in [0.2, 0.25) is 0 Å². The molecule has 0 bridgehead atoms. The van der Waals surface area contributed by atoms with Gasteiger partial charge in [-0.3, -0.25) is 4.79 Å². The minimum absolute atomic E-state index is 0.0376. The van der Waals surface area contributed by atoms with E-state index in [-0.39, 0.29) is 11.4 Å². The molecule has 1 amide bonds. The molecule has 17 heavy (non-hydrogen) atoms. The lowest BCUT2D eigenvalue weighted by Gasteiger charge is -2.08. The van der Waals surface area contributed by atoms with Crippen LogP contribution in [0.15, 0.2) is 36.4 Å². The molecule has 0 saturated carbocycles. The zero-order valence-electron chi connectivity index (χ0n) is 8.65. The standard InChI is InChI=1S/C12H9F2NO2/c13-11(14)12(17)15-9-5-1-4-8-7(9)3-2-6-10(8)16/h1-6,11,16H,(H,15,17). The molecule has 2 aromatic rings. The van der Waals surface area contributed by atoms with Gasteiger partial charge in [0, 0.05) is 16.5 Å².